The number of anilines is 2. The van der Waals surface area contributed by atoms with Crippen molar-refractivity contribution in [3.63, 3.8) is 0 Å². The Hall–Kier alpha value is -2.67. The third kappa shape index (κ3) is 4.19. The van der Waals surface area contributed by atoms with Gasteiger partial charge in [-0.3, -0.25) is 18.7 Å². The first-order chi connectivity index (χ1) is 15.6. The van der Waals surface area contributed by atoms with E-state index in [2.05, 4.69) is 25.7 Å². The van der Waals surface area contributed by atoms with Crippen LogP contribution in [0.3, 0.4) is 0 Å². The van der Waals surface area contributed by atoms with Crippen LogP contribution in [0.25, 0.3) is 0 Å². The topological polar surface area (TPSA) is 224 Å². The summed E-state index contributed by atoms with van der Waals surface area (Å²) in [6.45, 7) is 0. The zero-order valence-electron chi connectivity index (χ0n) is 15.8. The van der Waals surface area contributed by atoms with Crippen molar-refractivity contribution in [3.05, 3.63) is 25.5 Å². The molecule has 0 aliphatic carbocycles. The molecule has 0 saturated carbocycles. The Balaban J connectivity index is 1.57. The largest absolute Gasteiger partial charge is 0.477 e. The first kappa shape index (κ1) is 23.5. The molecule has 1 saturated heterocycles. The maximum Gasteiger partial charge on any atom is 0.353 e. The third-order valence-electron chi connectivity index (χ3n) is 4.46. The van der Waals surface area contributed by atoms with E-state index in [9.17, 15) is 28.6 Å². The lowest BCUT2D eigenvalue weighted by Gasteiger charge is -2.48. The molecule has 2 aliphatic heterocycles. The van der Waals surface area contributed by atoms with Crippen molar-refractivity contribution < 1.29 is 23.7 Å². The molecule has 0 spiro atoms. The van der Waals surface area contributed by atoms with E-state index in [0.29, 0.717) is 4.34 Å². The second-order valence-electron chi connectivity index (χ2n) is 6.41. The van der Waals surface area contributed by atoms with Crippen LogP contribution in [0.2, 0.25) is 4.34 Å². The quantitative estimate of drug-likeness (QED) is 0.266. The summed E-state index contributed by atoms with van der Waals surface area (Å²) in [5.74, 6) is -3.47. The standard InChI is InChI=1S/C14H11ClN8O6S4/c15-7-3(19-12(16)31-7)4(22-28)8(24)18-5-9(25)23-6(11(26)27)2(1-33(29)10(5)23)30-14-21-20-13(17)32-14/h4-5,10H,1H2,(H2,16,19)(H2,17,20)(H,18,24)(H,26,27)/t4?,5-,10?,33?/m1/s1. The number of amides is 2. The van der Waals surface area contributed by atoms with E-state index in [0.717, 1.165) is 39.3 Å². The summed E-state index contributed by atoms with van der Waals surface area (Å²) in [7, 11) is -1.78. The zero-order chi connectivity index (χ0) is 24.0. The van der Waals surface area contributed by atoms with Gasteiger partial charge in [0.15, 0.2) is 9.47 Å². The third-order valence-corrected chi connectivity index (χ3v) is 9.24. The minimum atomic E-state index is -1.78. The molecule has 4 rings (SSSR count). The van der Waals surface area contributed by atoms with Gasteiger partial charge < -0.3 is 21.9 Å². The van der Waals surface area contributed by atoms with Gasteiger partial charge in [-0.05, 0) is 5.18 Å². The molecule has 33 heavy (non-hydrogen) atoms. The number of aromatic nitrogens is 3. The molecule has 2 aliphatic rings. The summed E-state index contributed by atoms with van der Waals surface area (Å²) >= 11 is 8.66. The lowest BCUT2D eigenvalue weighted by atomic mass is 10.0. The normalized spacial score (nSPS) is 23.0. The molecule has 2 amide bonds. The minimum absolute atomic E-state index is 0.00850. The second kappa shape index (κ2) is 8.93. The number of nitrogens with two attached hydrogens (primary N) is 2. The number of nitrogen functional groups attached to an aromatic ring is 2. The number of aliphatic carboxylic acids is 1. The van der Waals surface area contributed by atoms with E-state index < -0.39 is 46.0 Å². The molecule has 6 N–H and O–H groups in total. The van der Waals surface area contributed by atoms with Gasteiger partial charge in [-0.2, -0.15) is 0 Å². The van der Waals surface area contributed by atoms with Crippen LogP contribution in [0, 0.1) is 4.91 Å². The van der Waals surface area contributed by atoms with Crippen molar-refractivity contribution in [2.75, 3.05) is 17.2 Å². The number of rotatable bonds is 7. The number of fused-ring (bicyclic) bond motifs is 1. The molecular weight excluding hydrogens is 540 g/mol. The molecule has 0 radical (unpaired) electrons. The van der Waals surface area contributed by atoms with Gasteiger partial charge in [0, 0.05) is 4.91 Å². The lowest BCUT2D eigenvalue weighted by Crippen LogP contribution is -2.73. The summed E-state index contributed by atoms with van der Waals surface area (Å²) in [4.78, 5) is 53.4. The second-order valence-corrected chi connectivity index (χ2v) is 11.9. The van der Waals surface area contributed by atoms with Crippen molar-refractivity contribution in [1.82, 2.24) is 25.4 Å². The SMILES string of the molecule is Nc1nnc(SC2=C(C(=O)O)N3C(=O)[C@@H](NC(=O)C(N=O)c4nc(N)sc4Cl)C3S(=O)C2)s1. The van der Waals surface area contributed by atoms with Gasteiger partial charge >= 0.3 is 5.97 Å². The Morgan fingerprint density at radius 1 is 1.33 bits per heavy atom. The van der Waals surface area contributed by atoms with E-state index >= 15 is 0 Å². The molecule has 174 valence electrons. The van der Waals surface area contributed by atoms with Crippen LogP contribution < -0.4 is 16.8 Å². The number of carboxylic acids is 1. The number of carbonyl (C=O) groups excluding carboxylic acids is 2. The predicted molar refractivity (Wildman–Crippen MR) is 120 cm³/mol. The van der Waals surface area contributed by atoms with Gasteiger partial charge in [0.25, 0.3) is 11.8 Å². The summed E-state index contributed by atoms with van der Waals surface area (Å²) < 4.78 is 13.2. The van der Waals surface area contributed by atoms with Crippen LogP contribution in [0.5, 0.6) is 0 Å². The first-order valence-electron chi connectivity index (χ1n) is 8.60. The van der Waals surface area contributed by atoms with Crippen LogP contribution in [-0.4, -0.2) is 64.3 Å². The van der Waals surface area contributed by atoms with Crippen molar-refractivity contribution in [1.29, 1.82) is 0 Å². The molecule has 14 nitrogen and oxygen atoms in total. The Morgan fingerprint density at radius 3 is 2.61 bits per heavy atom. The van der Waals surface area contributed by atoms with Crippen LogP contribution in [-0.2, 0) is 25.2 Å². The van der Waals surface area contributed by atoms with Crippen molar-refractivity contribution in [2.45, 2.75) is 21.8 Å². The minimum Gasteiger partial charge on any atom is -0.477 e. The number of nitrogens with one attached hydrogen (secondary N) is 1. The maximum atomic E-state index is 12.9. The number of nitroso groups, excluding NO2 is 1. The maximum absolute atomic E-state index is 12.9. The number of hydrogen-bond acceptors (Lipinski definition) is 14. The number of hydrogen-bond donors (Lipinski definition) is 4. The van der Waals surface area contributed by atoms with Crippen LogP contribution >= 0.6 is 46.0 Å². The fourth-order valence-corrected chi connectivity index (χ4v) is 7.84. The highest BCUT2D eigenvalue weighted by Crippen LogP contribution is 2.42. The highest BCUT2D eigenvalue weighted by Gasteiger charge is 2.57. The van der Waals surface area contributed by atoms with Crippen molar-refractivity contribution >= 4 is 84.9 Å². The fourth-order valence-electron chi connectivity index (χ4n) is 3.14. The molecule has 3 unspecified atom stereocenters. The molecule has 0 bridgehead atoms. The Morgan fingerprint density at radius 2 is 2.06 bits per heavy atom. The van der Waals surface area contributed by atoms with Crippen molar-refractivity contribution in [2.24, 2.45) is 5.18 Å². The Bertz CT molecular complexity index is 1250. The van der Waals surface area contributed by atoms with E-state index in [-0.39, 0.29) is 36.6 Å². The number of halogens is 1. The van der Waals surface area contributed by atoms with Gasteiger partial charge in [-0.1, -0.05) is 46.0 Å². The molecule has 4 atom stereocenters. The lowest BCUT2D eigenvalue weighted by molar-refractivity contribution is -0.151. The molecule has 1 fully saturated rings. The Labute approximate surface area is 203 Å². The molecule has 19 heteroatoms. The summed E-state index contributed by atoms with van der Waals surface area (Å²) in [6.07, 6.45) is 0. The first-order valence-corrected chi connectivity index (χ1v) is 12.8. The summed E-state index contributed by atoms with van der Waals surface area (Å²) in [5.41, 5.74) is 10.5. The van der Waals surface area contributed by atoms with E-state index in [1.165, 1.54) is 0 Å². The van der Waals surface area contributed by atoms with Crippen LogP contribution in [0.4, 0.5) is 10.3 Å². The van der Waals surface area contributed by atoms with Crippen LogP contribution in [0.1, 0.15) is 11.7 Å². The summed E-state index contributed by atoms with van der Waals surface area (Å²) in [5, 5.41) is 21.1. The predicted octanol–water partition coefficient (Wildman–Crippen LogP) is 0.124. The molecule has 4 heterocycles. The number of β-lactam (4-membered cyclic amide) rings is 1. The number of carboxylic acid groups (broad SMARTS) is 1. The van der Waals surface area contributed by atoms with Crippen molar-refractivity contribution in [3.8, 4) is 0 Å². The number of thioether (sulfide) groups is 1. The number of nitrogens with zero attached hydrogens (tertiary/aromatic N) is 5. The van der Waals surface area contributed by atoms with E-state index in [1.54, 1.807) is 0 Å². The average Bonchev–Trinajstić information content (AvgIpc) is 3.30. The van der Waals surface area contributed by atoms with Gasteiger partial charge in [-0.25, -0.2) is 9.78 Å². The van der Waals surface area contributed by atoms with Gasteiger partial charge in [-0.15, -0.1) is 15.1 Å². The molecular formula is C14H11ClN8O6S4. The van der Waals surface area contributed by atoms with Gasteiger partial charge in [0.1, 0.15) is 27.1 Å². The monoisotopic (exact) mass is 550 g/mol. The van der Waals surface area contributed by atoms with E-state index in [1.807, 2.05) is 0 Å². The number of thiazole rings is 1. The Kier molecular flexibility index (Phi) is 6.36. The van der Waals surface area contributed by atoms with Gasteiger partial charge in [0.05, 0.1) is 16.6 Å². The molecule has 2 aromatic heterocycles. The fraction of sp³-hybridized carbons (Fsp3) is 0.286. The van der Waals surface area contributed by atoms with Gasteiger partial charge in [0.2, 0.25) is 11.2 Å². The summed E-state index contributed by atoms with van der Waals surface area (Å²) in [6, 6.07) is -3.04. The molecule has 0 aromatic carbocycles. The van der Waals surface area contributed by atoms with Crippen LogP contribution in [0.15, 0.2) is 20.1 Å². The highest BCUT2D eigenvalue weighted by atomic mass is 35.5. The smallest absolute Gasteiger partial charge is 0.353 e. The zero-order valence-corrected chi connectivity index (χ0v) is 19.9. The number of carbonyl (C=O) groups is 3. The molecule has 2 aromatic rings. The van der Waals surface area contributed by atoms with E-state index in [4.69, 9.17) is 23.1 Å². The highest BCUT2D eigenvalue weighted by molar-refractivity contribution is 8.05. The average molecular weight is 551 g/mol.